The SMILES string of the molecule is CN(OCC(=O)O)C(=O)c1cc(I)cc(NC(=O)OCC2c3ccccc3-c3ccccc32)c1. The summed E-state index contributed by atoms with van der Waals surface area (Å²) in [7, 11) is 1.32. The van der Waals surface area contributed by atoms with Crippen molar-refractivity contribution in [2.45, 2.75) is 5.92 Å². The predicted molar refractivity (Wildman–Crippen MR) is 134 cm³/mol. The van der Waals surface area contributed by atoms with Crippen molar-refractivity contribution < 1.29 is 29.1 Å². The lowest BCUT2D eigenvalue weighted by Crippen LogP contribution is -2.29. The van der Waals surface area contributed by atoms with Crippen LogP contribution in [0.15, 0.2) is 66.7 Å². The molecule has 0 radical (unpaired) electrons. The van der Waals surface area contributed by atoms with Gasteiger partial charge in [0.2, 0.25) is 0 Å². The molecule has 0 aromatic heterocycles. The minimum atomic E-state index is -1.19. The molecule has 3 aromatic carbocycles. The molecule has 0 fully saturated rings. The molecule has 9 heteroatoms. The van der Waals surface area contributed by atoms with Crippen molar-refractivity contribution in [2.75, 3.05) is 25.6 Å². The van der Waals surface area contributed by atoms with Gasteiger partial charge in [-0.25, -0.2) is 14.7 Å². The first-order valence-corrected chi connectivity index (χ1v) is 11.5. The molecule has 174 valence electrons. The highest BCUT2D eigenvalue weighted by molar-refractivity contribution is 14.1. The fourth-order valence-corrected chi connectivity index (χ4v) is 4.60. The lowest BCUT2D eigenvalue weighted by atomic mass is 9.98. The van der Waals surface area contributed by atoms with Crippen LogP contribution in [0.3, 0.4) is 0 Å². The predicted octanol–water partition coefficient (Wildman–Crippen LogP) is 4.74. The van der Waals surface area contributed by atoms with Crippen LogP contribution in [0.2, 0.25) is 0 Å². The second kappa shape index (κ2) is 10.2. The van der Waals surface area contributed by atoms with Crippen molar-refractivity contribution in [3.05, 3.63) is 87.0 Å². The van der Waals surface area contributed by atoms with Gasteiger partial charge in [0, 0.05) is 27.8 Å². The Balaban J connectivity index is 1.43. The van der Waals surface area contributed by atoms with Crippen LogP contribution in [0.4, 0.5) is 10.5 Å². The fraction of sp³-hybridized carbons (Fsp3) is 0.160. The van der Waals surface area contributed by atoms with E-state index in [-0.39, 0.29) is 18.1 Å². The van der Waals surface area contributed by atoms with Crippen molar-refractivity contribution in [1.82, 2.24) is 5.06 Å². The van der Waals surface area contributed by atoms with Crippen LogP contribution in [0.25, 0.3) is 11.1 Å². The monoisotopic (exact) mass is 572 g/mol. The van der Waals surface area contributed by atoms with Gasteiger partial charge in [0.1, 0.15) is 6.61 Å². The molecule has 0 unspecified atom stereocenters. The minimum absolute atomic E-state index is 0.0637. The Labute approximate surface area is 209 Å². The molecule has 0 aliphatic heterocycles. The second-order valence-corrected chi connectivity index (χ2v) is 8.89. The first-order chi connectivity index (χ1) is 16.3. The molecule has 8 nitrogen and oxygen atoms in total. The van der Waals surface area contributed by atoms with E-state index in [1.807, 2.05) is 59.0 Å². The number of rotatable bonds is 7. The highest BCUT2D eigenvalue weighted by atomic mass is 127. The number of hydrogen-bond donors (Lipinski definition) is 2. The molecule has 0 bridgehead atoms. The van der Waals surface area contributed by atoms with E-state index in [0.29, 0.717) is 9.26 Å². The van der Waals surface area contributed by atoms with Crippen LogP contribution >= 0.6 is 22.6 Å². The largest absolute Gasteiger partial charge is 0.479 e. The van der Waals surface area contributed by atoms with Gasteiger partial charge in [-0.1, -0.05) is 48.5 Å². The van der Waals surface area contributed by atoms with Crippen LogP contribution in [-0.2, 0) is 14.4 Å². The first-order valence-electron chi connectivity index (χ1n) is 10.4. The molecule has 0 atom stereocenters. The van der Waals surface area contributed by atoms with Gasteiger partial charge < -0.3 is 9.84 Å². The number of carbonyl (C=O) groups excluding carboxylic acids is 2. The number of aliphatic carboxylic acids is 1. The average molecular weight is 572 g/mol. The molecule has 34 heavy (non-hydrogen) atoms. The summed E-state index contributed by atoms with van der Waals surface area (Å²) < 4.78 is 6.26. The van der Waals surface area contributed by atoms with Crippen molar-refractivity contribution in [1.29, 1.82) is 0 Å². The number of nitrogens with zero attached hydrogens (tertiary/aromatic N) is 1. The summed E-state index contributed by atoms with van der Waals surface area (Å²) in [5.41, 5.74) is 5.11. The molecule has 4 rings (SSSR count). The summed E-state index contributed by atoms with van der Waals surface area (Å²) in [4.78, 5) is 40.7. The maximum Gasteiger partial charge on any atom is 0.411 e. The standard InChI is InChI=1S/C25H21IN2O6/c1-28(34-14-23(29)30)24(31)15-10-16(26)12-17(11-15)27-25(32)33-13-22-20-8-4-2-6-18(20)19-7-3-5-9-21(19)22/h2-12,22H,13-14H2,1H3,(H,27,32)(H,29,30). The number of nitrogens with one attached hydrogen (secondary N) is 1. The third-order valence-corrected chi connectivity index (χ3v) is 6.03. The van der Waals surface area contributed by atoms with Gasteiger partial charge in [0.25, 0.3) is 5.91 Å². The van der Waals surface area contributed by atoms with Crippen LogP contribution in [0, 0.1) is 3.57 Å². The zero-order valence-electron chi connectivity index (χ0n) is 18.2. The molecular formula is C25H21IN2O6. The number of amides is 2. The molecule has 1 aliphatic carbocycles. The minimum Gasteiger partial charge on any atom is -0.479 e. The highest BCUT2D eigenvalue weighted by Crippen LogP contribution is 2.44. The van der Waals surface area contributed by atoms with Crippen molar-refractivity contribution in [2.24, 2.45) is 0 Å². The number of carbonyl (C=O) groups is 3. The molecular weight excluding hydrogens is 551 g/mol. The van der Waals surface area contributed by atoms with Gasteiger partial charge in [-0.15, -0.1) is 0 Å². The number of hydrogen-bond acceptors (Lipinski definition) is 5. The number of fused-ring (bicyclic) bond motifs is 3. The van der Waals surface area contributed by atoms with Crippen molar-refractivity contribution >= 4 is 46.2 Å². The molecule has 2 amide bonds. The van der Waals surface area contributed by atoms with Gasteiger partial charge >= 0.3 is 12.1 Å². The Bertz CT molecular complexity index is 1220. The molecule has 0 spiro atoms. The molecule has 3 aromatic rings. The normalized spacial score (nSPS) is 11.9. The summed E-state index contributed by atoms with van der Waals surface area (Å²) in [5, 5.41) is 12.2. The Kier molecular flexibility index (Phi) is 7.13. The summed E-state index contributed by atoms with van der Waals surface area (Å²) >= 11 is 2.02. The number of anilines is 1. The Hall–Kier alpha value is -3.44. The molecule has 1 aliphatic rings. The number of halogens is 1. The lowest BCUT2D eigenvalue weighted by Gasteiger charge is -2.17. The summed E-state index contributed by atoms with van der Waals surface area (Å²) in [5.74, 6) is -1.80. The lowest BCUT2D eigenvalue weighted by molar-refractivity contribution is -0.159. The average Bonchev–Trinajstić information content (AvgIpc) is 3.14. The van der Waals surface area contributed by atoms with Crippen molar-refractivity contribution in [3.63, 3.8) is 0 Å². The van der Waals surface area contributed by atoms with Gasteiger partial charge in [0.15, 0.2) is 6.61 Å². The van der Waals surface area contributed by atoms with Gasteiger partial charge in [-0.05, 0) is 63.0 Å². The smallest absolute Gasteiger partial charge is 0.411 e. The van der Waals surface area contributed by atoms with E-state index in [0.717, 1.165) is 27.3 Å². The molecule has 0 saturated carbocycles. The van der Waals surface area contributed by atoms with Crippen molar-refractivity contribution in [3.8, 4) is 11.1 Å². The van der Waals surface area contributed by atoms with E-state index in [1.165, 1.54) is 13.1 Å². The quantitative estimate of drug-likeness (QED) is 0.313. The fourth-order valence-electron chi connectivity index (χ4n) is 3.93. The highest BCUT2D eigenvalue weighted by Gasteiger charge is 2.29. The molecule has 0 saturated heterocycles. The Morgan fingerprint density at radius 2 is 1.62 bits per heavy atom. The maximum absolute atomic E-state index is 12.6. The number of carboxylic acids is 1. The van der Waals surface area contributed by atoms with E-state index >= 15 is 0 Å². The van der Waals surface area contributed by atoms with E-state index < -0.39 is 24.6 Å². The number of benzene rings is 3. The summed E-state index contributed by atoms with van der Waals surface area (Å²) in [6.45, 7) is -0.474. The van der Waals surface area contributed by atoms with Crippen LogP contribution in [0.5, 0.6) is 0 Å². The van der Waals surface area contributed by atoms with Gasteiger partial charge in [-0.2, -0.15) is 0 Å². The van der Waals surface area contributed by atoms with E-state index in [4.69, 9.17) is 14.7 Å². The van der Waals surface area contributed by atoms with Crippen LogP contribution in [-0.4, -0.2) is 48.4 Å². The maximum atomic E-state index is 12.6. The van der Waals surface area contributed by atoms with Crippen LogP contribution in [0.1, 0.15) is 27.4 Å². The molecule has 0 heterocycles. The topological polar surface area (TPSA) is 105 Å². The Morgan fingerprint density at radius 3 is 2.24 bits per heavy atom. The third kappa shape index (κ3) is 5.20. The summed E-state index contributed by atoms with van der Waals surface area (Å²) in [6.07, 6.45) is -0.641. The van der Waals surface area contributed by atoms with E-state index in [1.54, 1.807) is 12.1 Å². The zero-order valence-corrected chi connectivity index (χ0v) is 20.3. The Morgan fingerprint density at radius 1 is 1.00 bits per heavy atom. The second-order valence-electron chi connectivity index (χ2n) is 7.65. The third-order valence-electron chi connectivity index (χ3n) is 5.40. The van der Waals surface area contributed by atoms with Gasteiger partial charge in [0.05, 0.1) is 0 Å². The zero-order chi connectivity index (χ0) is 24.2. The van der Waals surface area contributed by atoms with Crippen LogP contribution < -0.4 is 5.32 Å². The number of hydroxylamine groups is 2. The van der Waals surface area contributed by atoms with Gasteiger partial charge in [-0.3, -0.25) is 14.9 Å². The van der Waals surface area contributed by atoms with E-state index in [9.17, 15) is 14.4 Å². The first kappa shape index (κ1) is 23.7. The molecule has 2 N–H and O–H groups in total. The van der Waals surface area contributed by atoms with E-state index in [2.05, 4.69) is 17.4 Å². The number of carboxylic acid groups (broad SMARTS) is 1. The number of ether oxygens (including phenoxy) is 1. The summed E-state index contributed by atoms with van der Waals surface area (Å²) in [6, 6.07) is 20.9.